The highest BCUT2D eigenvalue weighted by Crippen LogP contribution is 2.15. The zero-order valence-electron chi connectivity index (χ0n) is 11.5. The highest BCUT2D eigenvalue weighted by atomic mass is 19.1. The Morgan fingerprint density at radius 2 is 1.82 bits per heavy atom. The van der Waals surface area contributed by atoms with E-state index in [1.54, 1.807) is 18.2 Å². The van der Waals surface area contributed by atoms with Crippen LogP contribution in [0.3, 0.4) is 0 Å². The van der Waals surface area contributed by atoms with E-state index < -0.39 is 0 Å². The summed E-state index contributed by atoms with van der Waals surface area (Å²) in [5.41, 5.74) is 1.48. The maximum absolute atomic E-state index is 13.0. The molecular formula is C16H11FN4O. The summed E-state index contributed by atoms with van der Waals surface area (Å²) in [7, 11) is 0. The van der Waals surface area contributed by atoms with Crippen LogP contribution in [0.25, 0.3) is 16.7 Å². The van der Waals surface area contributed by atoms with E-state index in [1.165, 1.54) is 12.1 Å². The van der Waals surface area contributed by atoms with E-state index in [1.807, 2.05) is 22.6 Å². The number of H-pyrrole nitrogens is 1. The molecule has 4 rings (SSSR count). The molecule has 0 aliphatic rings. The van der Waals surface area contributed by atoms with E-state index in [9.17, 15) is 9.18 Å². The lowest BCUT2D eigenvalue weighted by Crippen LogP contribution is -2.10. The fourth-order valence-electron chi connectivity index (χ4n) is 2.58. The van der Waals surface area contributed by atoms with Crippen LogP contribution in [0, 0.1) is 5.82 Å². The van der Waals surface area contributed by atoms with Gasteiger partial charge in [-0.3, -0.25) is 14.2 Å². The van der Waals surface area contributed by atoms with E-state index in [0.29, 0.717) is 23.4 Å². The van der Waals surface area contributed by atoms with Crippen molar-refractivity contribution in [1.29, 1.82) is 0 Å². The standard InChI is InChI=1S/C16H11FN4O/c17-11-7-5-10(6-8-11)9-14-19-20-16-18-15(22)12-3-1-2-4-13(12)21(14)16/h1-8H,9H2,(H,18,20,22). The highest BCUT2D eigenvalue weighted by Gasteiger charge is 2.11. The third kappa shape index (κ3) is 1.96. The molecule has 0 saturated carbocycles. The first-order chi connectivity index (χ1) is 10.7. The number of fused-ring (bicyclic) bond motifs is 3. The Bertz CT molecular complexity index is 1030. The van der Waals surface area contributed by atoms with Crippen molar-refractivity contribution in [3.63, 3.8) is 0 Å². The van der Waals surface area contributed by atoms with Gasteiger partial charge in [0.2, 0.25) is 5.78 Å². The average Bonchev–Trinajstić information content (AvgIpc) is 2.93. The van der Waals surface area contributed by atoms with Crippen molar-refractivity contribution in [3.8, 4) is 0 Å². The lowest BCUT2D eigenvalue weighted by molar-refractivity contribution is 0.627. The second kappa shape index (κ2) is 4.77. The molecule has 6 heteroatoms. The minimum Gasteiger partial charge on any atom is -0.290 e. The molecule has 0 bridgehead atoms. The van der Waals surface area contributed by atoms with Gasteiger partial charge in [0.05, 0.1) is 10.9 Å². The first-order valence-corrected chi connectivity index (χ1v) is 6.82. The maximum atomic E-state index is 13.0. The Morgan fingerprint density at radius 3 is 2.64 bits per heavy atom. The summed E-state index contributed by atoms with van der Waals surface area (Å²) >= 11 is 0. The predicted octanol–water partition coefficient (Wildman–Crippen LogP) is 2.30. The number of nitrogens with one attached hydrogen (secondary N) is 1. The number of nitrogens with zero attached hydrogens (tertiary/aromatic N) is 3. The second-order valence-corrected chi connectivity index (χ2v) is 5.05. The summed E-state index contributed by atoms with van der Waals surface area (Å²) in [6.45, 7) is 0. The molecule has 5 nitrogen and oxygen atoms in total. The van der Waals surface area contributed by atoms with Crippen LogP contribution in [0.1, 0.15) is 11.4 Å². The summed E-state index contributed by atoms with van der Waals surface area (Å²) in [4.78, 5) is 14.7. The molecule has 0 aliphatic heterocycles. The first-order valence-electron chi connectivity index (χ1n) is 6.82. The minimum atomic E-state index is -0.273. The van der Waals surface area contributed by atoms with Crippen LogP contribution in [0.5, 0.6) is 0 Å². The maximum Gasteiger partial charge on any atom is 0.260 e. The molecule has 2 aromatic carbocycles. The van der Waals surface area contributed by atoms with Crippen molar-refractivity contribution in [3.05, 3.63) is 76.1 Å². The first kappa shape index (κ1) is 12.7. The summed E-state index contributed by atoms with van der Waals surface area (Å²) < 4.78 is 14.8. The summed E-state index contributed by atoms with van der Waals surface area (Å²) in [5, 5.41) is 8.76. The molecule has 108 valence electrons. The molecule has 0 unspecified atom stereocenters. The van der Waals surface area contributed by atoms with Gasteiger partial charge in [-0.05, 0) is 29.8 Å². The quantitative estimate of drug-likeness (QED) is 0.617. The van der Waals surface area contributed by atoms with Gasteiger partial charge in [-0.25, -0.2) is 4.39 Å². The van der Waals surface area contributed by atoms with Gasteiger partial charge in [0, 0.05) is 6.42 Å². The van der Waals surface area contributed by atoms with Crippen molar-refractivity contribution < 1.29 is 4.39 Å². The SMILES string of the molecule is O=c1[nH]c2nnc(Cc3ccc(F)cc3)n2c2ccccc12. The van der Waals surface area contributed by atoms with Crippen LogP contribution in [-0.2, 0) is 6.42 Å². The van der Waals surface area contributed by atoms with Gasteiger partial charge < -0.3 is 0 Å². The Labute approximate surface area is 124 Å². The number of rotatable bonds is 2. The van der Waals surface area contributed by atoms with Gasteiger partial charge in [0.15, 0.2) is 0 Å². The molecule has 0 radical (unpaired) electrons. The van der Waals surface area contributed by atoms with Gasteiger partial charge in [-0.1, -0.05) is 24.3 Å². The fraction of sp³-hybridized carbons (Fsp3) is 0.0625. The third-order valence-electron chi connectivity index (χ3n) is 3.62. The molecule has 0 amide bonds. The molecule has 2 heterocycles. The summed E-state index contributed by atoms with van der Waals surface area (Å²) in [6.07, 6.45) is 0.498. The Kier molecular flexibility index (Phi) is 2.75. The Morgan fingerprint density at radius 1 is 1.05 bits per heavy atom. The van der Waals surface area contributed by atoms with Crippen LogP contribution >= 0.6 is 0 Å². The van der Waals surface area contributed by atoms with E-state index in [0.717, 1.165) is 11.1 Å². The molecule has 4 aromatic rings. The van der Waals surface area contributed by atoms with Crippen LogP contribution < -0.4 is 5.56 Å². The van der Waals surface area contributed by atoms with E-state index in [4.69, 9.17) is 0 Å². The van der Waals surface area contributed by atoms with Crippen LogP contribution in [0.2, 0.25) is 0 Å². The van der Waals surface area contributed by atoms with Crippen molar-refractivity contribution in [1.82, 2.24) is 19.6 Å². The summed E-state index contributed by atoms with van der Waals surface area (Å²) in [5.74, 6) is 0.819. The number of hydrogen-bond acceptors (Lipinski definition) is 3. The van der Waals surface area contributed by atoms with Crippen LogP contribution in [-0.4, -0.2) is 19.6 Å². The van der Waals surface area contributed by atoms with Gasteiger partial charge in [0.1, 0.15) is 11.6 Å². The molecule has 0 atom stereocenters. The lowest BCUT2D eigenvalue weighted by Gasteiger charge is -2.04. The largest absolute Gasteiger partial charge is 0.290 e. The zero-order valence-corrected chi connectivity index (χ0v) is 11.5. The molecule has 0 saturated heterocycles. The smallest absolute Gasteiger partial charge is 0.260 e. The van der Waals surface area contributed by atoms with Crippen LogP contribution in [0.15, 0.2) is 53.3 Å². The minimum absolute atomic E-state index is 0.191. The van der Waals surface area contributed by atoms with Crippen molar-refractivity contribution in [2.24, 2.45) is 0 Å². The topological polar surface area (TPSA) is 63.0 Å². The van der Waals surface area contributed by atoms with E-state index in [-0.39, 0.29) is 11.4 Å². The Hall–Kier alpha value is -3.02. The Balaban J connectivity index is 1.93. The second-order valence-electron chi connectivity index (χ2n) is 5.05. The zero-order chi connectivity index (χ0) is 15.1. The molecular weight excluding hydrogens is 283 g/mol. The van der Waals surface area contributed by atoms with E-state index in [2.05, 4.69) is 15.2 Å². The van der Waals surface area contributed by atoms with Crippen LogP contribution in [0.4, 0.5) is 4.39 Å². The predicted molar refractivity (Wildman–Crippen MR) is 80.3 cm³/mol. The molecule has 1 N–H and O–H groups in total. The van der Waals surface area contributed by atoms with Gasteiger partial charge in [-0.15, -0.1) is 10.2 Å². The molecule has 2 aromatic heterocycles. The lowest BCUT2D eigenvalue weighted by atomic mass is 10.1. The third-order valence-corrected chi connectivity index (χ3v) is 3.62. The van der Waals surface area contributed by atoms with E-state index >= 15 is 0 Å². The number of aromatic amines is 1. The molecule has 0 fully saturated rings. The molecule has 0 aliphatic carbocycles. The average molecular weight is 294 g/mol. The molecule has 22 heavy (non-hydrogen) atoms. The normalized spacial score (nSPS) is 11.3. The van der Waals surface area contributed by atoms with Crippen molar-refractivity contribution >= 4 is 16.7 Å². The highest BCUT2D eigenvalue weighted by molar-refractivity contribution is 5.80. The number of hydrogen-bond donors (Lipinski definition) is 1. The number of para-hydroxylation sites is 1. The number of aromatic nitrogens is 4. The van der Waals surface area contributed by atoms with Gasteiger partial charge >= 0.3 is 0 Å². The number of halogens is 1. The molecule has 0 spiro atoms. The summed E-state index contributed by atoms with van der Waals surface area (Å²) in [6, 6.07) is 13.5. The van der Waals surface area contributed by atoms with Gasteiger partial charge in [-0.2, -0.15) is 0 Å². The van der Waals surface area contributed by atoms with Gasteiger partial charge in [0.25, 0.3) is 5.56 Å². The van der Waals surface area contributed by atoms with Crippen molar-refractivity contribution in [2.75, 3.05) is 0 Å². The monoisotopic (exact) mass is 294 g/mol. The fourth-order valence-corrected chi connectivity index (χ4v) is 2.58. The number of benzene rings is 2. The van der Waals surface area contributed by atoms with Crippen molar-refractivity contribution in [2.45, 2.75) is 6.42 Å².